The Bertz CT molecular complexity index is 430. The molecule has 0 aliphatic heterocycles. The summed E-state index contributed by atoms with van der Waals surface area (Å²) in [6, 6.07) is 6.71. The van der Waals surface area contributed by atoms with Gasteiger partial charge in [0.2, 0.25) is 0 Å². The fourth-order valence-electron chi connectivity index (χ4n) is 0.721. The molecule has 0 fully saturated rings. The zero-order valence-corrected chi connectivity index (χ0v) is 6.71. The summed E-state index contributed by atoms with van der Waals surface area (Å²) in [7, 11) is -4.44. The van der Waals surface area contributed by atoms with E-state index in [1.807, 2.05) is 0 Å². The Balaban J connectivity index is 3.32. The topological polar surface area (TPSA) is 77.8 Å². The Morgan fingerprint density at radius 1 is 1.33 bits per heavy atom. The van der Waals surface area contributed by atoms with Gasteiger partial charge < -0.3 is 0 Å². The molecule has 0 saturated heterocycles. The lowest BCUT2D eigenvalue weighted by atomic mass is 10.2. The average molecular weight is 182 g/mol. The minimum absolute atomic E-state index is 0.159. The first-order valence-electron chi connectivity index (χ1n) is 3.00. The highest BCUT2D eigenvalue weighted by Gasteiger charge is 2.10. The van der Waals surface area contributed by atoms with E-state index >= 15 is 0 Å². The molecular weight excluding hydrogens is 178 g/mol. The summed E-state index contributed by atoms with van der Waals surface area (Å²) in [4.78, 5) is -0.374. The van der Waals surface area contributed by atoms with Crippen LogP contribution in [0.25, 0.3) is 0 Å². The first-order chi connectivity index (χ1) is 5.54. The number of nitriles is 1. The quantitative estimate of drug-likeness (QED) is 0.640. The molecule has 0 bridgehead atoms. The van der Waals surface area contributed by atoms with E-state index in [0.29, 0.717) is 0 Å². The van der Waals surface area contributed by atoms with Crippen LogP contribution in [0.3, 0.4) is 0 Å². The Morgan fingerprint density at radius 3 is 2.50 bits per heavy atom. The lowest BCUT2D eigenvalue weighted by molar-refractivity contribution is 0.414. The molecule has 4 nitrogen and oxygen atoms in total. The third-order valence-electron chi connectivity index (χ3n) is 1.25. The molecule has 12 heavy (non-hydrogen) atoms. The van der Waals surface area contributed by atoms with Gasteiger partial charge in [0.25, 0.3) is 0 Å². The molecule has 0 spiro atoms. The standard InChI is InChI=1S/C7H4NO3S/c8-5-6-2-1-3-7(4-6)12(9,10)11/h1-4H. The van der Waals surface area contributed by atoms with Gasteiger partial charge in [0.15, 0.2) is 0 Å². The van der Waals surface area contributed by atoms with E-state index < -0.39 is 10.1 Å². The van der Waals surface area contributed by atoms with Crippen LogP contribution in [0.5, 0.6) is 0 Å². The van der Waals surface area contributed by atoms with Crippen molar-refractivity contribution in [3.63, 3.8) is 0 Å². The van der Waals surface area contributed by atoms with Crippen LogP contribution < -0.4 is 0 Å². The van der Waals surface area contributed by atoms with Crippen LogP contribution in [0.2, 0.25) is 0 Å². The second kappa shape index (κ2) is 2.93. The predicted molar refractivity (Wildman–Crippen MR) is 39.0 cm³/mol. The molecule has 0 aliphatic carbocycles. The number of rotatable bonds is 1. The van der Waals surface area contributed by atoms with Crippen molar-refractivity contribution in [3.8, 4) is 6.07 Å². The second-order valence-electron chi connectivity index (χ2n) is 2.09. The highest BCUT2D eigenvalue weighted by atomic mass is 32.2. The van der Waals surface area contributed by atoms with Gasteiger partial charge >= 0.3 is 10.1 Å². The monoisotopic (exact) mass is 182 g/mol. The van der Waals surface area contributed by atoms with Crippen molar-refractivity contribution in [1.82, 2.24) is 0 Å². The van der Waals surface area contributed by atoms with Crippen LogP contribution >= 0.6 is 0 Å². The molecule has 0 atom stereocenters. The van der Waals surface area contributed by atoms with Crippen molar-refractivity contribution >= 4 is 10.1 Å². The fourth-order valence-corrected chi connectivity index (χ4v) is 1.24. The van der Waals surface area contributed by atoms with E-state index in [4.69, 9.17) is 5.26 Å². The Kier molecular flexibility index (Phi) is 2.13. The van der Waals surface area contributed by atoms with Gasteiger partial charge in [0.05, 0.1) is 16.5 Å². The predicted octanol–water partition coefficient (Wildman–Crippen LogP) is 0.677. The summed E-state index contributed by atoms with van der Waals surface area (Å²) in [5.41, 5.74) is 0.159. The van der Waals surface area contributed by atoms with Gasteiger partial charge in [-0.1, -0.05) is 10.6 Å². The van der Waals surface area contributed by atoms with E-state index in [1.54, 1.807) is 6.07 Å². The number of benzene rings is 1. The largest absolute Gasteiger partial charge is 0.324 e. The van der Waals surface area contributed by atoms with Gasteiger partial charge in [0.1, 0.15) is 0 Å². The highest BCUT2D eigenvalue weighted by Crippen LogP contribution is 2.10. The molecule has 0 heterocycles. The van der Waals surface area contributed by atoms with Crippen molar-refractivity contribution < 1.29 is 13.0 Å². The molecule has 0 aromatic heterocycles. The zero-order chi connectivity index (χ0) is 9.19. The lowest BCUT2D eigenvalue weighted by Crippen LogP contribution is -1.95. The van der Waals surface area contributed by atoms with Crippen molar-refractivity contribution in [2.75, 3.05) is 0 Å². The van der Waals surface area contributed by atoms with Gasteiger partial charge in [-0.2, -0.15) is 13.7 Å². The molecule has 0 saturated carbocycles. The second-order valence-corrected chi connectivity index (χ2v) is 3.47. The maximum atomic E-state index is 10.4. The summed E-state index contributed by atoms with van der Waals surface area (Å²) >= 11 is 0. The first-order valence-corrected chi connectivity index (χ1v) is 4.41. The molecule has 1 aromatic carbocycles. The van der Waals surface area contributed by atoms with Crippen LogP contribution in [-0.4, -0.2) is 8.42 Å². The van der Waals surface area contributed by atoms with Gasteiger partial charge in [-0.05, 0) is 18.2 Å². The molecule has 5 heteroatoms. The molecular formula is C7H4NO3S. The Labute approximate surface area is 69.8 Å². The minimum atomic E-state index is -4.44. The summed E-state index contributed by atoms with van der Waals surface area (Å²) in [6.07, 6.45) is 0. The molecule has 0 unspecified atom stereocenters. The van der Waals surface area contributed by atoms with Gasteiger partial charge in [-0.3, -0.25) is 0 Å². The molecule has 0 N–H and O–H groups in total. The van der Waals surface area contributed by atoms with Crippen LogP contribution in [0.15, 0.2) is 29.2 Å². The smallest absolute Gasteiger partial charge is 0.192 e. The number of hydrogen-bond acceptors (Lipinski definition) is 3. The van der Waals surface area contributed by atoms with Crippen LogP contribution in [0, 0.1) is 11.3 Å². The van der Waals surface area contributed by atoms with Gasteiger partial charge in [0, 0.05) is 0 Å². The Hall–Kier alpha value is -1.38. The SMILES string of the molecule is N#Cc1cccc(S([O])(=O)=O)c1. The normalized spacial score (nSPS) is 10.7. The van der Waals surface area contributed by atoms with Crippen LogP contribution in [-0.2, 0) is 14.7 Å². The molecule has 1 radical (unpaired) electrons. The summed E-state index contributed by atoms with van der Waals surface area (Å²) in [5, 5.41) is 8.38. The van der Waals surface area contributed by atoms with Crippen LogP contribution in [0.4, 0.5) is 0 Å². The third kappa shape index (κ3) is 1.81. The third-order valence-corrected chi connectivity index (χ3v) is 2.08. The summed E-state index contributed by atoms with van der Waals surface area (Å²) in [6.45, 7) is 0. The minimum Gasteiger partial charge on any atom is -0.192 e. The molecule has 1 rings (SSSR count). The summed E-state index contributed by atoms with van der Waals surface area (Å²) in [5.74, 6) is 0. The Morgan fingerprint density at radius 2 is 2.00 bits per heavy atom. The van der Waals surface area contributed by atoms with Crippen molar-refractivity contribution in [3.05, 3.63) is 29.8 Å². The van der Waals surface area contributed by atoms with Crippen molar-refractivity contribution in [1.29, 1.82) is 5.26 Å². The molecule has 61 valence electrons. The van der Waals surface area contributed by atoms with E-state index in [1.165, 1.54) is 12.1 Å². The zero-order valence-electron chi connectivity index (χ0n) is 5.89. The molecule has 1 aromatic rings. The van der Waals surface area contributed by atoms with Gasteiger partial charge in [-0.15, -0.1) is 0 Å². The van der Waals surface area contributed by atoms with Crippen LogP contribution in [0.1, 0.15) is 5.56 Å². The van der Waals surface area contributed by atoms with E-state index in [0.717, 1.165) is 12.1 Å². The lowest BCUT2D eigenvalue weighted by Gasteiger charge is -1.93. The first kappa shape index (κ1) is 8.71. The van der Waals surface area contributed by atoms with Gasteiger partial charge in [-0.25, -0.2) is 0 Å². The summed E-state index contributed by atoms with van der Waals surface area (Å²) < 4.78 is 31.3. The van der Waals surface area contributed by atoms with E-state index in [9.17, 15) is 13.0 Å². The molecule has 0 amide bonds. The van der Waals surface area contributed by atoms with E-state index in [2.05, 4.69) is 0 Å². The van der Waals surface area contributed by atoms with Crippen molar-refractivity contribution in [2.45, 2.75) is 4.90 Å². The number of hydrogen-bond donors (Lipinski definition) is 0. The highest BCUT2D eigenvalue weighted by molar-refractivity contribution is 7.85. The number of nitrogens with zero attached hydrogens (tertiary/aromatic N) is 1. The van der Waals surface area contributed by atoms with Crippen molar-refractivity contribution in [2.24, 2.45) is 0 Å². The molecule has 0 aliphatic rings. The average Bonchev–Trinajstić information content (AvgIpc) is 2.03. The van der Waals surface area contributed by atoms with E-state index in [-0.39, 0.29) is 10.5 Å². The maximum absolute atomic E-state index is 10.4. The fraction of sp³-hybridized carbons (Fsp3) is 0. The maximum Gasteiger partial charge on any atom is 0.324 e.